The Balaban J connectivity index is 2.93. The molecule has 0 aromatic heterocycles. The standard InChI is InChI=1S/C13H18O2S/c1-4-8-16-12-7-6-10(3)9-11(12)13(14)15-5-2/h6-7,9H,4-5,8H2,1-3H3. The Kier molecular flexibility index (Phi) is 5.39. The first-order valence-corrected chi connectivity index (χ1v) is 6.58. The van der Waals surface area contributed by atoms with Crippen molar-refractivity contribution >= 4 is 17.7 Å². The minimum Gasteiger partial charge on any atom is -0.462 e. The molecule has 0 N–H and O–H groups in total. The van der Waals surface area contributed by atoms with Crippen molar-refractivity contribution < 1.29 is 9.53 Å². The number of esters is 1. The van der Waals surface area contributed by atoms with E-state index < -0.39 is 0 Å². The summed E-state index contributed by atoms with van der Waals surface area (Å²) in [6.45, 7) is 6.36. The number of carbonyl (C=O) groups excluding carboxylic acids is 1. The van der Waals surface area contributed by atoms with E-state index in [1.807, 2.05) is 32.0 Å². The van der Waals surface area contributed by atoms with E-state index >= 15 is 0 Å². The Morgan fingerprint density at radius 2 is 2.12 bits per heavy atom. The summed E-state index contributed by atoms with van der Waals surface area (Å²) < 4.78 is 5.05. The molecule has 0 bridgehead atoms. The number of hydrogen-bond donors (Lipinski definition) is 0. The van der Waals surface area contributed by atoms with Crippen molar-refractivity contribution in [1.29, 1.82) is 0 Å². The first-order chi connectivity index (χ1) is 7.69. The van der Waals surface area contributed by atoms with E-state index in [0.29, 0.717) is 12.2 Å². The van der Waals surface area contributed by atoms with Crippen LogP contribution in [0.2, 0.25) is 0 Å². The van der Waals surface area contributed by atoms with Crippen LogP contribution in [0.3, 0.4) is 0 Å². The molecule has 0 radical (unpaired) electrons. The molecule has 0 aliphatic rings. The second-order valence-corrected chi connectivity index (χ2v) is 4.71. The molecular weight excluding hydrogens is 220 g/mol. The molecule has 88 valence electrons. The fourth-order valence-electron chi connectivity index (χ4n) is 1.35. The van der Waals surface area contributed by atoms with E-state index in [1.54, 1.807) is 11.8 Å². The van der Waals surface area contributed by atoms with E-state index in [0.717, 1.165) is 22.6 Å². The van der Waals surface area contributed by atoms with Gasteiger partial charge in [0, 0.05) is 4.90 Å². The lowest BCUT2D eigenvalue weighted by Crippen LogP contribution is -2.06. The summed E-state index contributed by atoms with van der Waals surface area (Å²) in [5, 5.41) is 0. The minimum atomic E-state index is -0.218. The van der Waals surface area contributed by atoms with Crippen molar-refractivity contribution in [1.82, 2.24) is 0 Å². The second-order valence-electron chi connectivity index (χ2n) is 3.57. The van der Waals surface area contributed by atoms with Gasteiger partial charge in [-0.05, 0) is 38.2 Å². The van der Waals surface area contributed by atoms with Crippen molar-refractivity contribution in [3.8, 4) is 0 Å². The number of thioether (sulfide) groups is 1. The number of benzene rings is 1. The van der Waals surface area contributed by atoms with Gasteiger partial charge in [0.15, 0.2) is 0 Å². The van der Waals surface area contributed by atoms with Crippen LogP contribution in [0, 0.1) is 6.92 Å². The summed E-state index contributed by atoms with van der Waals surface area (Å²) in [5.41, 5.74) is 1.78. The Morgan fingerprint density at radius 3 is 2.75 bits per heavy atom. The third-order valence-corrected chi connectivity index (χ3v) is 3.37. The summed E-state index contributed by atoms with van der Waals surface area (Å²) in [5.74, 6) is 0.806. The lowest BCUT2D eigenvalue weighted by Gasteiger charge is -2.08. The van der Waals surface area contributed by atoms with Gasteiger partial charge in [0.05, 0.1) is 12.2 Å². The molecule has 0 aliphatic carbocycles. The van der Waals surface area contributed by atoms with Crippen molar-refractivity contribution in [3.63, 3.8) is 0 Å². The summed E-state index contributed by atoms with van der Waals surface area (Å²) in [6, 6.07) is 5.93. The topological polar surface area (TPSA) is 26.3 Å². The van der Waals surface area contributed by atoms with Gasteiger partial charge in [-0.1, -0.05) is 18.6 Å². The minimum absolute atomic E-state index is 0.218. The number of rotatable bonds is 5. The molecule has 0 heterocycles. The van der Waals surface area contributed by atoms with Gasteiger partial charge >= 0.3 is 5.97 Å². The van der Waals surface area contributed by atoms with Gasteiger partial charge in [0.1, 0.15) is 0 Å². The highest BCUT2D eigenvalue weighted by molar-refractivity contribution is 7.99. The van der Waals surface area contributed by atoms with E-state index in [9.17, 15) is 4.79 Å². The van der Waals surface area contributed by atoms with Gasteiger partial charge in [-0.2, -0.15) is 0 Å². The predicted molar refractivity (Wildman–Crippen MR) is 68.2 cm³/mol. The van der Waals surface area contributed by atoms with Crippen molar-refractivity contribution in [2.45, 2.75) is 32.1 Å². The van der Waals surface area contributed by atoms with E-state index in [4.69, 9.17) is 4.74 Å². The van der Waals surface area contributed by atoms with Gasteiger partial charge in [0.2, 0.25) is 0 Å². The first kappa shape index (κ1) is 13.1. The SMILES string of the molecule is CCCSc1ccc(C)cc1C(=O)OCC. The van der Waals surface area contributed by atoms with Gasteiger partial charge in [-0.3, -0.25) is 0 Å². The zero-order valence-corrected chi connectivity index (χ0v) is 10.9. The van der Waals surface area contributed by atoms with E-state index in [1.165, 1.54) is 0 Å². The fourth-order valence-corrected chi connectivity index (χ4v) is 2.24. The largest absolute Gasteiger partial charge is 0.462 e. The van der Waals surface area contributed by atoms with Crippen LogP contribution in [0.4, 0.5) is 0 Å². The third-order valence-electron chi connectivity index (χ3n) is 2.09. The zero-order valence-electron chi connectivity index (χ0n) is 10.1. The molecule has 1 aromatic rings. The van der Waals surface area contributed by atoms with Crippen molar-refractivity contribution in [3.05, 3.63) is 29.3 Å². The first-order valence-electron chi connectivity index (χ1n) is 5.59. The van der Waals surface area contributed by atoms with Crippen LogP contribution in [-0.2, 0) is 4.74 Å². The average Bonchev–Trinajstić information content (AvgIpc) is 2.27. The van der Waals surface area contributed by atoms with Crippen LogP contribution in [0.15, 0.2) is 23.1 Å². The maximum Gasteiger partial charge on any atom is 0.339 e. The molecule has 1 aromatic carbocycles. The third kappa shape index (κ3) is 3.56. The quantitative estimate of drug-likeness (QED) is 0.578. The Bertz CT molecular complexity index is 361. The molecule has 0 saturated carbocycles. The number of hydrogen-bond acceptors (Lipinski definition) is 3. The summed E-state index contributed by atoms with van der Waals surface area (Å²) >= 11 is 1.71. The molecule has 3 heteroatoms. The molecule has 2 nitrogen and oxygen atoms in total. The molecule has 16 heavy (non-hydrogen) atoms. The number of aryl methyl sites for hydroxylation is 1. The maximum atomic E-state index is 11.7. The lowest BCUT2D eigenvalue weighted by molar-refractivity contribution is 0.0522. The molecular formula is C13H18O2S. The molecule has 0 amide bonds. The van der Waals surface area contributed by atoms with Crippen molar-refractivity contribution in [2.24, 2.45) is 0 Å². The van der Waals surface area contributed by atoms with Crippen LogP contribution in [0.25, 0.3) is 0 Å². The van der Waals surface area contributed by atoms with Crippen LogP contribution < -0.4 is 0 Å². The molecule has 0 fully saturated rings. The lowest BCUT2D eigenvalue weighted by atomic mass is 10.1. The fraction of sp³-hybridized carbons (Fsp3) is 0.462. The number of ether oxygens (including phenoxy) is 1. The Morgan fingerprint density at radius 1 is 1.38 bits per heavy atom. The molecule has 0 aliphatic heterocycles. The smallest absolute Gasteiger partial charge is 0.339 e. The maximum absolute atomic E-state index is 11.7. The van der Waals surface area contributed by atoms with Gasteiger partial charge < -0.3 is 4.74 Å². The van der Waals surface area contributed by atoms with Crippen LogP contribution in [-0.4, -0.2) is 18.3 Å². The molecule has 0 spiro atoms. The highest BCUT2D eigenvalue weighted by Crippen LogP contribution is 2.25. The van der Waals surface area contributed by atoms with Gasteiger partial charge in [-0.15, -0.1) is 11.8 Å². The predicted octanol–water partition coefficient (Wildman–Crippen LogP) is 3.67. The van der Waals surface area contributed by atoms with Gasteiger partial charge in [0.25, 0.3) is 0 Å². The van der Waals surface area contributed by atoms with Crippen LogP contribution in [0.1, 0.15) is 36.2 Å². The van der Waals surface area contributed by atoms with Crippen molar-refractivity contribution in [2.75, 3.05) is 12.4 Å². The van der Waals surface area contributed by atoms with Crippen LogP contribution in [0.5, 0.6) is 0 Å². The Hall–Kier alpha value is -0.960. The highest BCUT2D eigenvalue weighted by Gasteiger charge is 2.12. The van der Waals surface area contributed by atoms with E-state index in [-0.39, 0.29) is 5.97 Å². The Labute approximate surface area is 101 Å². The zero-order chi connectivity index (χ0) is 12.0. The van der Waals surface area contributed by atoms with Crippen LogP contribution >= 0.6 is 11.8 Å². The second kappa shape index (κ2) is 6.59. The molecule has 0 unspecified atom stereocenters. The molecule has 1 rings (SSSR count). The molecule has 0 atom stereocenters. The monoisotopic (exact) mass is 238 g/mol. The number of carbonyl (C=O) groups is 1. The summed E-state index contributed by atoms with van der Waals surface area (Å²) in [4.78, 5) is 12.8. The summed E-state index contributed by atoms with van der Waals surface area (Å²) in [6.07, 6.45) is 1.10. The average molecular weight is 238 g/mol. The van der Waals surface area contributed by atoms with E-state index in [2.05, 4.69) is 6.92 Å². The highest BCUT2D eigenvalue weighted by atomic mass is 32.2. The van der Waals surface area contributed by atoms with Gasteiger partial charge in [-0.25, -0.2) is 4.79 Å². The summed E-state index contributed by atoms with van der Waals surface area (Å²) in [7, 11) is 0. The molecule has 0 saturated heterocycles. The normalized spacial score (nSPS) is 10.2.